The topological polar surface area (TPSA) is 115 Å². The second-order valence-electron chi connectivity index (χ2n) is 2.71. The minimum absolute atomic E-state index is 0. The van der Waals surface area contributed by atoms with E-state index in [1.807, 2.05) is 0 Å². The van der Waals surface area contributed by atoms with Gasteiger partial charge in [-0.15, -0.1) is 0 Å². The summed E-state index contributed by atoms with van der Waals surface area (Å²) < 4.78 is 0. The molecule has 0 saturated heterocycles. The Bertz CT molecular complexity index is 246. The first kappa shape index (κ1) is 26.8. The van der Waals surface area contributed by atoms with Crippen LogP contribution in [0.25, 0.3) is 0 Å². The molecule has 0 amide bonds. The summed E-state index contributed by atoms with van der Waals surface area (Å²) in [5.74, 6) is -3.79. The van der Waals surface area contributed by atoms with Crippen LogP contribution in [0.1, 0.15) is 6.92 Å². The van der Waals surface area contributed by atoms with Crippen LogP contribution in [-0.4, -0.2) is 146 Å². The van der Waals surface area contributed by atoms with Crippen molar-refractivity contribution in [3.8, 4) is 0 Å². The van der Waals surface area contributed by atoms with Crippen LogP contribution >= 0.6 is 0 Å². The minimum Gasteiger partial charge on any atom is -0.480 e. The van der Waals surface area contributed by atoms with Gasteiger partial charge >= 0.3 is 17.9 Å². The number of nitrogens with zero attached hydrogens (tertiary/aromatic N) is 1. The number of aliphatic carboxylic acids is 3. The van der Waals surface area contributed by atoms with Crippen molar-refractivity contribution in [1.82, 2.24) is 4.90 Å². The molecule has 0 fully saturated rings. The van der Waals surface area contributed by atoms with Gasteiger partial charge < -0.3 is 15.3 Å². The van der Waals surface area contributed by atoms with Gasteiger partial charge in [0.2, 0.25) is 0 Å². The molecule has 83 valence electrons. The summed E-state index contributed by atoms with van der Waals surface area (Å²) in [6, 6.07) is -1.14. The van der Waals surface area contributed by atoms with E-state index in [1.54, 1.807) is 0 Å². The molecule has 0 rings (SSSR count). The maximum atomic E-state index is 10.5. The Balaban J connectivity index is -0.000000282. The molecule has 0 bridgehead atoms. The van der Waals surface area contributed by atoms with Gasteiger partial charge in [0.1, 0.15) is 6.04 Å². The zero-order valence-corrected chi connectivity index (χ0v) is 16.5. The molecule has 0 saturated carbocycles. The molecule has 3 radical (unpaired) electrons. The second kappa shape index (κ2) is 13.8. The van der Waals surface area contributed by atoms with Crippen LogP contribution in [0, 0.1) is 0 Å². The maximum absolute atomic E-state index is 10.5. The number of carboxylic acid groups (broad SMARTS) is 3. The quantitative estimate of drug-likeness (QED) is 0.470. The molecular weight excluding hydrogens is 263 g/mol. The minimum atomic E-state index is -1.26. The maximum Gasteiger partial charge on any atom is 0.320 e. The predicted molar refractivity (Wildman–Crippen MR) is 61.2 cm³/mol. The molecular formula is C7H11NNa3O6. The molecule has 0 aliphatic heterocycles. The van der Waals surface area contributed by atoms with Crippen LogP contribution in [0.5, 0.6) is 0 Å². The van der Waals surface area contributed by atoms with Gasteiger partial charge in [-0.2, -0.15) is 0 Å². The van der Waals surface area contributed by atoms with Gasteiger partial charge in [-0.05, 0) is 6.92 Å². The van der Waals surface area contributed by atoms with Crippen molar-refractivity contribution >= 4 is 107 Å². The largest absolute Gasteiger partial charge is 0.480 e. The van der Waals surface area contributed by atoms with Crippen molar-refractivity contribution in [3.05, 3.63) is 0 Å². The average Bonchev–Trinajstić information content (AvgIpc) is 1.99. The van der Waals surface area contributed by atoms with E-state index in [0.717, 1.165) is 4.90 Å². The second-order valence-corrected chi connectivity index (χ2v) is 2.71. The van der Waals surface area contributed by atoms with Crippen LogP contribution < -0.4 is 0 Å². The van der Waals surface area contributed by atoms with E-state index >= 15 is 0 Å². The van der Waals surface area contributed by atoms with Gasteiger partial charge in [-0.25, -0.2) is 0 Å². The van der Waals surface area contributed by atoms with E-state index in [4.69, 9.17) is 15.3 Å². The Kier molecular flexibility index (Phi) is 21.8. The molecule has 0 heterocycles. The Morgan fingerprint density at radius 1 is 0.941 bits per heavy atom. The predicted octanol–water partition coefficient (Wildman–Crippen LogP) is -2.21. The van der Waals surface area contributed by atoms with Crippen molar-refractivity contribution in [1.29, 1.82) is 0 Å². The van der Waals surface area contributed by atoms with Crippen molar-refractivity contribution < 1.29 is 29.7 Å². The summed E-state index contributed by atoms with van der Waals surface area (Å²) in [6.45, 7) is 0.00769. The Hall–Kier alpha value is 1.37. The molecule has 0 aliphatic rings. The average molecular weight is 274 g/mol. The van der Waals surface area contributed by atoms with E-state index in [9.17, 15) is 14.4 Å². The first-order valence-corrected chi connectivity index (χ1v) is 3.75. The molecule has 17 heavy (non-hydrogen) atoms. The van der Waals surface area contributed by atoms with Gasteiger partial charge in [0, 0.05) is 88.7 Å². The van der Waals surface area contributed by atoms with E-state index in [-0.39, 0.29) is 88.7 Å². The summed E-state index contributed by atoms with van der Waals surface area (Å²) in [5.41, 5.74) is 0. The monoisotopic (exact) mass is 274 g/mol. The van der Waals surface area contributed by atoms with Crippen LogP contribution in [0.15, 0.2) is 0 Å². The molecule has 0 aliphatic carbocycles. The zero-order valence-electron chi connectivity index (χ0n) is 10.5. The van der Waals surface area contributed by atoms with Gasteiger partial charge in [0.15, 0.2) is 0 Å². The number of rotatable bonds is 6. The fraction of sp³-hybridized carbons (Fsp3) is 0.571. The molecule has 0 spiro atoms. The molecule has 7 nitrogen and oxygen atoms in total. The molecule has 0 aromatic carbocycles. The summed E-state index contributed by atoms with van der Waals surface area (Å²) in [7, 11) is 0. The molecule has 3 N–H and O–H groups in total. The number of carbonyl (C=O) groups is 3. The summed E-state index contributed by atoms with van der Waals surface area (Å²) in [5, 5.41) is 25.4. The van der Waals surface area contributed by atoms with Crippen molar-refractivity contribution in [3.63, 3.8) is 0 Å². The molecule has 0 aromatic heterocycles. The smallest absolute Gasteiger partial charge is 0.320 e. The number of hydrogen-bond acceptors (Lipinski definition) is 4. The van der Waals surface area contributed by atoms with Crippen molar-refractivity contribution in [2.24, 2.45) is 0 Å². The summed E-state index contributed by atoms with van der Waals surface area (Å²) >= 11 is 0. The molecule has 1 unspecified atom stereocenters. The van der Waals surface area contributed by atoms with Crippen LogP contribution in [-0.2, 0) is 14.4 Å². The fourth-order valence-corrected chi connectivity index (χ4v) is 0.833. The van der Waals surface area contributed by atoms with Gasteiger partial charge in [0.25, 0.3) is 0 Å². The normalized spacial score (nSPS) is 10.2. The van der Waals surface area contributed by atoms with Gasteiger partial charge in [-0.1, -0.05) is 0 Å². The number of carboxylic acids is 3. The van der Waals surface area contributed by atoms with Crippen LogP contribution in [0.4, 0.5) is 0 Å². The van der Waals surface area contributed by atoms with E-state index in [2.05, 4.69) is 0 Å². The number of hydrogen-bond donors (Lipinski definition) is 3. The van der Waals surface area contributed by atoms with Crippen LogP contribution in [0.2, 0.25) is 0 Å². The third-order valence-electron chi connectivity index (χ3n) is 1.58. The van der Waals surface area contributed by atoms with Crippen LogP contribution in [0.3, 0.4) is 0 Å². The molecule has 1 atom stereocenters. The van der Waals surface area contributed by atoms with E-state index in [1.165, 1.54) is 6.92 Å². The fourth-order valence-electron chi connectivity index (χ4n) is 0.833. The van der Waals surface area contributed by atoms with Crippen molar-refractivity contribution in [2.45, 2.75) is 13.0 Å². The Labute approximate surface area is 165 Å². The van der Waals surface area contributed by atoms with Gasteiger partial charge in [0.05, 0.1) is 13.1 Å². The zero-order chi connectivity index (χ0) is 11.3. The van der Waals surface area contributed by atoms with Gasteiger partial charge in [-0.3, -0.25) is 19.3 Å². The first-order valence-electron chi connectivity index (χ1n) is 3.75. The first-order chi connectivity index (χ1) is 6.34. The SMILES string of the molecule is CC(C(=O)O)N(CC(=O)O)CC(=O)O.[Na].[Na].[Na]. The Morgan fingerprint density at radius 2 is 1.24 bits per heavy atom. The molecule has 0 aromatic rings. The summed E-state index contributed by atoms with van der Waals surface area (Å²) in [6.07, 6.45) is 0. The third-order valence-corrected chi connectivity index (χ3v) is 1.58. The third kappa shape index (κ3) is 13.6. The van der Waals surface area contributed by atoms with E-state index in [0.29, 0.717) is 0 Å². The summed E-state index contributed by atoms with van der Waals surface area (Å²) in [4.78, 5) is 31.9. The van der Waals surface area contributed by atoms with Crippen molar-refractivity contribution in [2.75, 3.05) is 13.1 Å². The Morgan fingerprint density at radius 3 is 1.41 bits per heavy atom. The van der Waals surface area contributed by atoms with E-state index < -0.39 is 37.0 Å². The molecule has 10 heteroatoms. The standard InChI is InChI=1S/C7H11NO6.3Na/c1-4(7(13)14)8(2-5(9)10)3-6(11)12;;;/h4H,2-3H2,1H3,(H,9,10)(H,11,12)(H,13,14);;;.